The first-order valence-corrected chi connectivity index (χ1v) is 10.4. The zero-order valence-corrected chi connectivity index (χ0v) is 19.1. The Balaban J connectivity index is 2.03. The number of aryl methyl sites for hydroxylation is 2. The smallest absolute Gasteiger partial charge is 0.425 e. The van der Waals surface area contributed by atoms with Crippen LogP contribution in [0.5, 0.6) is 5.75 Å². The summed E-state index contributed by atoms with van der Waals surface area (Å²) in [6, 6.07) is 9.77. The maximum Gasteiger partial charge on any atom is 0.425 e. The van der Waals surface area contributed by atoms with Crippen LogP contribution in [-0.2, 0) is 19.2 Å². The lowest BCUT2D eigenvalue weighted by Crippen LogP contribution is -2.31. The molecule has 0 amide bonds. The van der Waals surface area contributed by atoms with Crippen LogP contribution < -0.4 is 10.1 Å². The molecule has 178 valence electrons. The second-order valence-corrected chi connectivity index (χ2v) is 8.53. The van der Waals surface area contributed by atoms with Crippen molar-refractivity contribution in [2.75, 3.05) is 5.32 Å². The average molecular weight is 465 g/mol. The van der Waals surface area contributed by atoms with Gasteiger partial charge in [0.15, 0.2) is 6.10 Å². The van der Waals surface area contributed by atoms with Crippen LogP contribution in [-0.4, -0.2) is 26.9 Å². The molecule has 0 fully saturated rings. The monoisotopic (exact) mass is 465 g/mol. The Morgan fingerprint density at radius 1 is 1.18 bits per heavy atom. The normalized spacial score (nSPS) is 13.2. The predicted molar refractivity (Wildman–Crippen MR) is 118 cm³/mol. The minimum Gasteiger partial charge on any atom is -0.481 e. The number of anilines is 1. The molecule has 1 atom stereocenters. The number of aromatic nitrogens is 2. The Hall–Kier alpha value is -3.07. The molecular weight excluding hydrogens is 438 g/mol. The lowest BCUT2D eigenvalue weighted by Gasteiger charge is -2.21. The summed E-state index contributed by atoms with van der Waals surface area (Å²) in [5, 5.41) is 13.4. The number of hydrogen-bond donors (Lipinski definition) is 2. The number of para-hydroxylation sites is 1. The Morgan fingerprint density at radius 2 is 1.85 bits per heavy atom. The molecule has 0 spiro atoms. The topological polar surface area (TPSA) is 59.3 Å². The highest BCUT2D eigenvalue weighted by molar-refractivity contribution is 5.64. The highest BCUT2D eigenvalue weighted by atomic mass is 19.4. The Labute approximate surface area is 190 Å². The molecule has 2 aromatic carbocycles. The van der Waals surface area contributed by atoms with Gasteiger partial charge in [0.05, 0.1) is 5.69 Å². The van der Waals surface area contributed by atoms with Gasteiger partial charge in [-0.2, -0.15) is 13.2 Å². The molecule has 2 N–H and O–H groups in total. The van der Waals surface area contributed by atoms with Gasteiger partial charge in [-0.05, 0) is 51.5 Å². The van der Waals surface area contributed by atoms with Crippen LogP contribution in [0.2, 0.25) is 0 Å². The second-order valence-electron chi connectivity index (χ2n) is 8.53. The number of rotatable bonds is 7. The molecule has 5 nitrogen and oxygen atoms in total. The summed E-state index contributed by atoms with van der Waals surface area (Å²) in [6.45, 7) is 5.91. The summed E-state index contributed by atoms with van der Waals surface area (Å²) in [5.41, 5.74) is 0.810. The maximum atomic E-state index is 15.1. The van der Waals surface area contributed by atoms with Crippen molar-refractivity contribution < 1.29 is 27.4 Å². The molecule has 0 saturated heterocycles. The third-order valence-corrected chi connectivity index (χ3v) is 5.23. The predicted octanol–water partition coefficient (Wildman–Crippen LogP) is 5.70. The van der Waals surface area contributed by atoms with Crippen molar-refractivity contribution in [2.45, 2.75) is 52.1 Å². The van der Waals surface area contributed by atoms with Gasteiger partial charge in [-0.25, -0.2) is 9.37 Å². The largest absolute Gasteiger partial charge is 0.481 e. The fourth-order valence-electron chi connectivity index (χ4n) is 3.42. The van der Waals surface area contributed by atoms with Crippen LogP contribution in [0.1, 0.15) is 37.7 Å². The van der Waals surface area contributed by atoms with E-state index in [0.29, 0.717) is 0 Å². The van der Waals surface area contributed by atoms with Gasteiger partial charge >= 0.3 is 6.18 Å². The van der Waals surface area contributed by atoms with Crippen LogP contribution in [0.25, 0.3) is 11.3 Å². The fraction of sp³-hybridized carbons (Fsp3) is 0.375. The average Bonchev–Trinajstić information content (AvgIpc) is 3.10. The van der Waals surface area contributed by atoms with Crippen LogP contribution in [0.3, 0.4) is 0 Å². The first kappa shape index (κ1) is 24.6. The molecule has 1 heterocycles. The number of aliphatic hydroxyl groups is 1. The minimum atomic E-state index is -4.59. The zero-order chi connectivity index (χ0) is 24.6. The van der Waals surface area contributed by atoms with E-state index in [1.807, 2.05) is 31.2 Å². The lowest BCUT2D eigenvalue weighted by molar-refractivity contribution is -0.189. The molecule has 0 aliphatic heterocycles. The van der Waals surface area contributed by atoms with Crippen molar-refractivity contribution in [1.29, 1.82) is 0 Å². The van der Waals surface area contributed by atoms with E-state index in [0.717, 1.165) is 24.2 Å². The van der Waals surface area contributed by atoms with E-state index in [2.05, 4.69) is 10.3 Å². The number of nitrogens with zero attached hydrogens (tertiary/aromatic N) is 2. The fourth-order valence-corrected chi connectivity index (χ4v) is 3.42. The molecular formula is C24H27F4N3O2. The van der Waals surface area contributed by atoms with E-state index >= 15 is 4.39 Å². The molecule has 33 heavy (non-hydrogen) atoms. The van der Waals surface area contributed by atoms with E-state index in [1.165, 1.54) is 26.1 Å². The van der Waals surface area contributed by atoms with Gasteiger partial charge in [-0.3, -0.25) is 0 Å². The Bertz CT molecular complexity index is 1130. The van der Waals surface area contributed by atoms with Crippen molar-refractivity contribution in [3.63, 3.8) is 0 Å². The molecule has 0 radical (unpaired) electrons. The number of ether oxygens (including phenoxy) is 1. The lowest BCUT2D eigenvalue weighted by atomic mass is 10.1. The molecule has 0 bridgehead atoms. The highest BCUT2D eigenvalue weighted by Gasteiger charge is 2.38. The second kappa shape index (κ2) is 9.05. The third kappa shape index (κ3) is 5.65. The quantitative estimate of drug-likeness (QED) is 0.439. The third-order valence-electron chi connectivity index (χ3n) is 5.23. The number of hydrogen-bond acceptors (Lipinski definition) is 4. The van der Waals surface area contributed by atoms with Crippen molar-refractivity contribution >= 4 is 5.69 Å². The highest BCUT2D eigenvalue weighted by Crippen LogP contribution is 2.34. The van der Waals surface area contributed by atoms with E-state index in [9.17, 15) is 18.3 Å². The molecule has 3 rings (SSSR count). The van der Waals surface area contributed by atoms with Gasteiger partial charge in [-0.1, -0.05) is 18.2 Å². The summed E-state index contributed by atoms with van der Waals surface area (Å²) in [4.78, 5) is 4.30. The van der Waals surface area contributed by atoms with Crippen LogP contribution in [0, 0.1) is 12.7 Å². The zero-order valence-electron chi connectivity index (χ0n) is 19.1. The Morgan fingerprint density at radius 3 is 2.42 bits per heavy atom. The number of imidazole rings is 1. The van der Waals surface area contributed by atoms with Gasteiger partial charge in [0.2, 0.25) is 0 Å². The van der Waals surface area contributed by atoms with Crippen LogP contribution >= 0.6 is 0 Å². The molecule has 0 aliphatic rings. The van der Waals surface area contributed by atoms with Gasteiger partial charge in [-0.15, -0.1) is 0 Å². The van der Waals surface area contributed by atoms with Gasteiger partial charge in [0.1, 0.15) is 23.0 Å². The number of alkyl halides is 3. The number of benzene rings is 2. The Kier molecular flexibility index (Phi) is 6.74. The first-order chi connectivity index (χ1) is 15.3. The summed E-state index contributed by atoms with van der Waals surface area (Å²) < 4.78 is 61.5. The maximum absolute atomic E-state index is 15.1. The van der Waals surface area contributed by atoms with Gasteiger partial charge in [0.25, 0.3) is 0 Å². The summed E-state index contributed by atoms with van der Waals surface area (Å²) in [6.07, 6.45) is -5.17. The SMILES string of the molecule is Cc1ccccc1NCc1cc(F)c(-c2cn(C)c(C(C)(C)O)n2)cc1O[C@@H](C)C(F)(F)F. The molecule has 9 heteroatoms. The minimum absolute atomic E-state index is 0.0230. The molecule has 3 aromatic rings. The molecule has 1 aromatic heterocycles. The van der Waals surface area contributed by atoms with E-state index in [4.69, 9.17) is 4.74 Å². The number of halogens is 4. The van der Waals surface area contributed by atoms with Crippen LogP contribution in [0.15, 0.2) is 42.6 Å². The van der Waals surface area contributed by atoms with Crippen LogP contribution in [0.4, 0.5) is 23.2 Å². The molecule has 0 unspecified atom stereocenters. The summed E-state index contributed by atoms with van der Waals surface area (Å²) >= 11 is 0. The number of nitrogens with one attached hydrogen (secondary N) is 1. The molecule has 0 aliphatic carbocycles. The standard InChI is InChI=1S/C24H27F4N3O2/c1-14-8-6-7-9-19(14)29-12-16-10-18(25)17(11-21(16)33-15(2)24(26,27)28)20-13-31(5)22(30-20)23(3,4)32/h6-11,13,15,29,32H,12H2,1-5H3/t15-/m0/s1. The van der Waals surface area contributed by atoms with E-state index in [-0.39, 0.29) is 34.9 Å². The van der Waals surface area contributed by atoms with E-state index in [1.54, 1.807) is 11.6 Å². The van der Waals surface area contributed by atoms with Crippen molar-refractivity contribution in [1.82, 2.24) is 9.55 Å². The van der Waals surface area contributed by atoms with E-state index < -0.39 is 23.7 Å². The van der Waals surface area contributed by atoms with Gasteiger partial charge < -0.3 is 19.7 Å². The summed E-state index contributed by atoms with van der Waals surface area (Å²) in [5.74, 6) is -0.481. The van der Waals surface area contributed by atoms with Gasteiger partial charge in [0, 0.05) is 36.6 Å². The van der Waals surface area contributed by atoms with Crippen molar-refractivity contribution in [3.05, 3.63) is 65.4 Å². The first-order valence-electron chi connectivity index (χ1n) is 10.4. The van der Waals surface area contributed by atoms with Crippen molar-refractivity contribution in [3.8, 4) is 17.0 Å². The van der Waals surface area contributed by atoms with Crippen molar-refractivity contribution in [2.24, 2.45) is 7.05 Å². The summed E-state index contributed by atoms with van der Waals surface area (Å²) in [7, 11) is 1.64. The molecule has 0 saturated carbocycles.